The molecule has 1 nitrogen and oxygen atoms in total. The van der Waals surface area contributed by atoms with Crippen molar-refractivity contribution in [3.8, 4) is 0 Å². The quantitative estimate of drug-likeness (QED) is 0.327. The van der Waals surface area contributed by atoms with Crippen LogP contribution in [0.4, 0.5) is 0 Å². The smallest absolute Gasteiger partial charge is 0.183 e. The van der Waals surface area contributed by atoms with Crippen LogP contribution in [-0.4, -0.2) is 26.7 Å². The number of benzene rings is 1. The summed E-state index contributed by atoms with van der Waals surface area (Å²) in [5.74, 6) is 0. The Hall–Kier alpha value is -0.0931. The second-order valence-electron chi connectivity index (χ2n) is 8.21. The van der Waals surface area contributed by atoms with Crippen LogP contribution in [0.1, 0.15) is 6.92 Å². The molecule has 0 saturated heterocycles. The zero-order valence-corrected chi connectivity index (χ0v) is 24.5. The SMILES string of the molecule is C[CH]=[Zr+2].C[Si](C)(C)OCC[Si](C)(C)c1ccc[cH-]1.[Cl-].[Cl-].c1ccc2[cH-]ccc2c1. The van der Waals surface area contributed by atoms with E-state index >= 15 is 0 Å². The summed E-state index contributed by atoms with van der Waals surface area (Å²) in [4.78, 5) is 0. The predicted octanol–water partition coefficient (Wildman–Crippen LogP) is 0.0944. The summed E-state index contributed by atoms with van der Waals surface area (Å²) in [7, 11) is -2.55. The molecule has 0 amide bonds. The zero-order valence-electron chi connectivity index (χ0n) is 18.5. The fourth-order valence-electron chi connectivity index (χ4n) is 2.65. The van der Waals surface area contributed by atoms with E-state index < -0.39 is 16.4 Å². The number of halogens is 2. The Morgan fingerprint density at radius 1 is 0.897 bits per heavy atom. The summed E-state index contributed by atoms with van der Waals surface area (Å²) in [5, 5.41) is 4.22. The molecule has 0 unspecified atom stereocenters. The average Bonchev–Trinajstić information content (AvgIpc) is 3.27. The van der Waals surface area contributed by atoms with Gasteiger partial charge in [-0.2, -0.15) is 34.8 Å². The van der Waals surface area contributed by atoms with Crippen LogP contribution in [0.15, 0.2) is 66.7 Å². The fraction of sp³-hybridized carbons (Fsp3) is 0.348. The molecule has 0 heterocycles. The van der Waals surface area contributed by atoms with E-state index in [1.165, 1.54) is 41.1 Å². The maximum atomic E-state index is 5.94. The molecule has 0 saturated carbocycles. The summed E-state index contributed by atoms with van der Waals surface area (Å²) >= 11 is 1.51. The van der Waals surface area contributed by atoms with Gasteiger partial charge in [0.05, 0.1) is 8.07 Å². The molecule has 0 spiro atoms. The largest absolute Gasteiger partial charge is 1.00 e. The Bertz CT molecular complexity index is 747. The van der Waals surface area contributed by atoms with Crippen LogP contribution in [0.2, 0.25) is 38.8 Å². The minimum atomic E-state index is -1.32. The standard InChI is InChI=1S/C12H23OSi2.C9H7.C2H4.2ClH.Zr/c1-14(2,3)13-10-11-15(4,5)12-8-6-7-9-12;1-2-5-9-7-3-6-8(9)4-1;1-2;;;/h6-9H,10-11H2,1-5H3;1-7H;1H,2H3;2*1H;/q2*-1;;;;+2/p-2. The van der Waals surface area contributed by atoms with E-state index in [-0.39, 0.29) is 24.8 Å². The van der Waals surface area contributed by atoms with E-state index in [1.54, 1.807) is 5.19 Å². The number of hydrogen-bond acceptors (Lipinski definition) is 1. The molecule has 0 radical (unpaired) electrons. The van der Waals surface area contributed by atoms with E-state index in [4.69, 9.17) is 4.43 Å². The molecule has 29 heavy (non-hydrogen) atoms. The first kappa shape index (κ1) is 31.1. The molecule has 3 aromatic carbocycles. The minimum absolute atomic E-state index is 0. The number of hydrogen-bond donors (Lipinski definition) is 0. The summed E-state index contributed by atoms with van der Waals surface area (Å²) in [5.41, 5.74) is 0. The van der Waals surface area contributed by atoms with Crippen molar-refractivity contribution in [3.63, 3.8) is 0 Å². The van der Waals surface area contributed by atoms with Gasteiger partial charge < -0.3 is 29.2 Å². The Labute approximate surface area is 207 Å². The second kappa shape index (κ2) is 15.7. The molecule has 3 rings (SSSR count). The average molecular weight is 545 g/mol. The second-order valence-corrected chi connectivity index (χ2v) is 19.0. The van der Waals surface area contributed by atoms with Crippen LogP contribution in [0.3, 0.4) is 0 Å². The van der Waals surface area contributed by atoms with Gasteiger partial charge >= 0.3 is 34.9 Å². The van der Waals surface area contributed by atoms with Crippen LogP contribution < -0.4 is 30.0 Å². The molecule has 0 aliphatic rings. The maximum Gasteiger partial charge on any atom is 0.183 e. The van der Waals surface area contributed by atoms with E-state index in [1.807, 2.05) is 6.92 Å². The van der Waals surface area contributed by atoms with Crippen LogP contribution in [0.25, 0.3) is 10.8 Å². The van der Waals surface area contributed by atoms with Crippen molar-refractivity contribution in [2.24, 2.45) is 0 Å². The van der Waals surface area contributed by atoms with Crippen molar-refractivity contribution >= 4 is 36.1 Å². The summed E-state index contributed by atoms with van der Waals surface area (Å²) in [6, 6.07) is 24.7. The summed E-state index contributed by atoms with van der Waals surface area (Å²) in [6.07, 6.45) is 0. The molecule has 0 aromatic heterocycles. The third-order valence-electron chi connectivity index (χ3n) is 4.25. The van der Waals surface area contributed by atoms with Gasteiger partial charge in [0.15, 0.2) is 8.32 Å². The Morgan fingerprint density at radius 3 is 2.03 bits per heavy atom. The summed E-state index contributed by atoms with van der Waals surface area (Å²) in [6.45, 7) is 14.6. The monoisotopic (exact) mass is 542 g/mol. The van der Waals surface area contributed by atoms with Crippen molar-refractivity contribution < 1.29 is 53.5 Å². The van der Waals surface area contributed by atoms with Crippen molar-refractivity contribution in [2.75, 3.05) is 6.61 Å². The Kier molecular flexibility index (Phi) is 16.8. The third-order valence-corrected chi connectivity index (χ3v) is 8.67. The molecule has 160 valence electrons. The molecule has 6 heteroatoms. The first-order chi connectivity index (χ1) is 12.7. The first-order valence-electron chi connectivity index (χ1n) is 9.61. The molecular formula is C23H34Cl2OSi2Zr-2. The van der Waals surface area contributed by atoms with E-state index in [0.717, 1.165) is 6.61 Å². The van der Waals surface area contributed by atoms with Gasteiger partial charge in [-0.3, -0.25) is 0 Å². The molecule has 0 aliphatic carbocycles. The maximum absolute atomic E-state index is 5.94. The topological polar surface area (TPSA) is 9.23 Å². The van der Waals surface area contributed by atoms with Gasteiger partial charge in [0.1, 0.15) is 0 Å². The van der Waals surface area contributed by atoms with Gasteiger partial charge in [-0.15, -0.1) is 29.7 Å². The van der Waals surface area contributed by atoms with Gasteiger partial charge in [0, 0.05) is 6.61 Å². The van der Waals surface area contributed by atoms with E-state index in [0.29, 0.717) is 0 Å². The fourth-order valence-corrected chi connectivity index (χ4v) is 5.57. The number of fused-ring (bicyclic) bond motifs is 1. The van der Waals surface area contributed by atoms with E-state index in [2.05, 4.69) is 103 Å². The van der Waals surface area contributed by atoms with Gasteiger partial charge in [0.25, 0.3) is 0 Å². The molecule has 0 bridgehead atoms. The molecule has 3 aromatic rings. The molecule has 0 atom stereocenters. The van der Waals surface area contributed by atoms with Crippen LogP contribution in [-0.2, 0) is 28.7 Å². The van der Waals surface area contributed by atoms with Crippen LogP contribution >= 0.6 is 0 Å². The van der Waals surface area contributed by atoms with Crippen LogP contribution in [0.5, 0.6) is 0 Å². The Morgan fingerprint density at radius 2 is 1.52 bits per heavy atom. The van der Waals surface area contributed by atoms with Crippen LogP contribution in [0, 0.1) is 0 Å². The van der Waals surface area contributed by atoms with Crippen molar-refractivity contribution in [1.29, 1.82) is 0 Å². The zero-order chi connectivity index (χ0) is 20.3. The molecule has 0 aliphatic heterocycles. The number of rotatable bonds is 5. The molecular weight excluding hydrogens is 511 g/mol. The molecule has 0 N–H and O–H groups in total. The normalized spacial score (nSPS) is 10.5. The van der Waals surface area contributed by atoms with Gasteiger partial charge in [-0.1, -0.05) is 19.2 Å². The van der Waals surface area contributed by atoms with Gasteiger partial charge in [-0.05, 0) is 25.7 Å². The first-order valence-corrected chi connectivity index (χ1v) is 17.6. The minimum Gasteiger partial charge on any atom is -1.00 e. The molecule has 0 fully saturated rings. The van der Waals surface area contributed by atoms with Crippen molar-refractivity contribution in [3.05, 3.63) is 66.7 Å². The van der Waals surface area contributed by atoms with Crippen molar-refractivity contribution in [1.82, 2.24) is 0 Å². The van der Waals surface area contributed by atoms with Gasteiger partial charge in [0.2, 0.25) is 0 Å². The van der Waals surface area contributed by atoms with E-state index in [9.17, 15) is 0 Å². The third kappa shape index (κ3) is 13.0. The van der Waals surface area contributed by atoms with Crippen molar-refractivity contribution in [2.45, 2.75) is 45.7 Å². The predicted molar refractivity (Wildman–Crippen MR) is 125 cm³/mol. The van der Waals surface area contributed by atoms with Gasteiger partial charge in [-0.25, -0.2) is 12.1 Å². The Balaban J connectivity index is 0. The summed E-state index contributed by atoms with van der Waals surface area (Å²) < 4.78 is 8.03.